The zero-order chi connectivity index (χ0) is 14.9. The Morgan fingerprint density at radius 3 is 2.70 bits per heavy atom. The van der Waals surface area contributed by atoms with Crippen LogP contribution in [0.1, 0.15) is 10.4 Å². The predicted octanol–water partition coefficient (Wildman–Crippen LogP) is 0.159. The van der Waals surface area contributed by atoms with Crippen molar-refractivity contribution in [2.45, 2.75) is 4.90 Å². The molecule has 2 N–H and O–H groups in total. The smallest absolute Gasteiger partial charge is 0.335 e. The fraction of sp³-hybridized carbons (Fsp3) is 0.273. The lowest BCUT2D eigenvalue weighted by atomic mass is 10.2. The molecule has 7 nitrogen and oxygen atoms in total. The summed E-state index contributed by atoms with van der Waals surface area (Å²) in [5.74, 6) is -1.67. The molecule has 1 aliphatic rings. The number of carbonyl (C=O) groups is 2. The van der Waals surface area contributed by atoms with Crippen LogP contribution in [0.2, 0.25) is 5.02 Å². The Kier molecular flexibility index (Phi) is 3.98. The minimum Gasteiger partial charge on any atom is -0.478 e. The van der Waals surface area contributed by atoms with E-state index in [1.165, 1.54) is 12.1 Å². The Morgan fingerprint density at radius 2 is 2.10 bits per heavy atom. The van der Waals surface area contributed by atoms with Crippen LogP contribution in [0.5, 0.6) is 0 Å². The number of halogens is 1. The van der Waals surface area contributed by atoms with Gasteiger partial charge in [0.05, 0.1) is 17.1 Å². The first kappa shape index (κ1) is 14.8. The van der Waals surface area contributed by atoms with Crippen LogP contribution >= 0.6 is 11.6 Å². The molecule has 0 radical (unpaired) electrons. The largest absolute Gasteiger partial charge is 0.478 e. The summed E-state index contributed by atoms with van der Waals surface area (Å²) in [6.07, 6.45) is 0. The Balaban J connectivity index is 2.45. The summed E-state index contributed by atoms with van der Waals surface area (Å²) in [4.78, 5) is 21.9. The van der Waals surface area contributed by atoms with Crippen LogP contribution in [0.25, 0.3) is 0 Å². The summed E-state index contributed by atoms with van der Waals surface area (Å²) < 4.78 is 25.8. The number of carboxylic acid groups (broad SMARTS) is 1. The summed E-state index contributed by atoms with van der Waals surface area (Å²) in [6.45, 7) is 0.00592. The van der Waals surface area contributed by atoms with Crippen LogP contribution in [0.15, 0.2) is 23.1 Å². The number of amides is 1. The molecule has 0 aromatic heterocycles. The Hall–Kier alpha value is -1.64. The van der Waals surface area contributed by atoms with Gasteiger partial charge in [-0.2, -0.15) is 4.31 Å². The van der Waals surface area contributed by atoms with Crippen LogP contribution in [-0.4, -0.2) is 49.3 Å². The second-order valence-corrected chi connectivity index (χ2v) is 6.45. The quantitative estimate of drug-likeness (QED) is 0.826. The highest BCUT2D eigenvalue weighted by Gasteiger charge is 2.31. The summed E-state index contributed by atoms with van der Waals surface area (Å²) in [6, 6.07) is 3.42. The van der Waals surface area contributed by atoms with Gasteiger partial charge in [0.2, 0.25) is 15.9 Å². The first-order valence-corrected chi connectivity index (χ1v) is 7.44. The standard InChI is InChI=1S/C11H11ClN2O5S/c12-8-2-1-7(11(16)17)5-9(8)20(18,19)14-4-3-13-10(15)6-14/h1-2,5H,3-4,6H2,(H,13,15)(H,16,17). The molecule has 0 saturated carbocycles. The van der Waals surface area contributed by atoms with Crippen molar-refractivity contribution in [2.24, 2.45) is 0 Å². The molecule has 1 heterocycles. The molecule has 1 amide bonds. The Labute approximate surface area is 120 Å². The van der Waals surface area contributed by atoms with Gasteiger partial charge < -0.3 is 10.4 Å². The van der Waals surface area contributed by atoms with Crippen molar-refractivity contribution in [3.8, 4) is 0 Å². The third-order valence-corrected chi connectivity index (χ3v) is 5.13. The van der Waals surface area contributed by atoms with Crippen LogP contribution in [0.3, 0.4) is 0 Å². The lowest BCUT2D eigenvalue weighted by Gasteiger charge is -2.26. The van der Waals surface area contributed by atoms with E-state index in [0.717, 1.165) is 10.4 Å². The predicted molar refractivity (Wildman–Crippen MR) is 70.2 cm³/mol. The number of rotatable bonds is 3. The zero-order valence-electron chi connectivity index (χ0n) is 10.2. The molecular formula is C11H11ClN2O5S. The molecule has 0 spiro atoms. The van der Waals surface area contributed by atoms with E-state index in [1.807, 2.05) is 0 Å². The molecule has 0 atom stereocenters. The van der Waals surface area contributed by atoms with Crippen LogP contribution < -0.4 is 5.32 Å². The van der Waals surface area contributed by atoms with E-state index in [-0.39, 0.29) is 35.1 Å². The molecule has 0 unspecified atom stereocenters. The molecule has 1 saturated heterocycles. The zero-order valence-corrected chi connectivity index (χ0v) is 11.7. The molecule has 9 heteroatoms. The number of hydrogen-bond acceptors (Lipinski definition) is 4. The van der Waals surface area contributed by atoms with E-state index in [0.29, 0.717) is 0 Å². The lowest BCUT2D eigenvalue weighted by Crippen LogP contribution is -2.49. The van der Waals surface area contributed by atoms with Crippen molar-refractivity contribution in [3.05, 3.63) is 28.8 Å². The number of sulfonamides is 1. The van der Waals surface area contributed by atoms with E-state index in [2.05, 4.69) is 5.32 Å². The lowest BCUT2D eigenvalue weighted by molar-refractivity contribution is -0.122. The number of carboxylic acids is 1. The Bertz CT molecular complexity index is 673. The number of carbonyl (C=O) groups excluding carboxylic acids is 1. The van der Waals surface area contributed by atoms with Gasteiger partial charge >= 0.3 is 5.97 Å². The van der Waals surface area contributed by atoms with Gasteiger partial charge in [-0.3, -0.25) is 4.79 Å². The highest BCUT2D eigenvalue weighted by atomic mass is 35.5. The van der Waals surface area contributed by atoms with Crippen molar-refractivity contribution in [2.75, 3.05) is 19.6 Å². The van der Waals surface area contributed by atoms with Crippen LogP contribution in [0.4, 0.5) is 0 Å². The average molecular weight is 319 g/mol. The van der Waals surface area contributed by atoms with Gasteiger partial charge in [-0.25, -0.2) is 13.2 Å². The summed E-state index contributed by atoms with van der Waals surface area (Å²) in [5.41, 5.74) is -0.186. The first-order valence-electron chi connectivity index (χ1n) is 5.62. The molecule has 108 valence electrons. The maximum Gasteiger partial charge on any atom is 0.335 e. The van der Waals surface area contributed by atoms with Gasteiger partial charge in [-0.1, -0.05) is 11.6 Å². The minimum absolute atomic E-state index is 0.0824. The molecular weight excluding hydrogens is 308 g/mol. The molecule has 0 bridgehead atoms. The monoisotopic (exact) mass is 318 g/mol. The maximum absolute atomic E-state index is 12.4. The number of benzene rings is 1. The van der Waals surface area contributed by atoms with Gasteiger partial charge in [0.15, 0.2) is 0 Å². The van der Waals surface area contributed by atoms with Gasteiger partial charge in [-0.15, -0.1) is 0 Å². The topological polar surface area (TPSA) is 104 Å². The third kappa shape index (κ3) is 2.77. The number of nitrogens with one attached hydrogen (secondary N) is 1. The average Bonchev–Trinajstić information content (AvgIpc) is 2.38. The van der Waals surface area contributed by atoms with Crippen molar-refractivity contribution in [1.82, 2.24) is 9.62 Å². The number of hydrogen-bond donors (Lipinski definition) is 2. The van der Waals surface area contributed by atoms with Crippen LogP contribution in [-0.2, 0) is 14.8 Å². The maximum atomic E-state index is 12.4. The number of aromatic carboxylic acids is 1. The van der Waals surface area contributed by atoms with Crippen molar-refractivity contribution in [1.29, 1.82) is 0 Å². The van der Waals surface area contributed by atoms with E-state index in [4.69, 9.17) is 16.7 Å². The second-order valence-electron chi connectivity index (χ2n) is 4.14. The fourth-order valence-corrected chi connectivity index (χ4v) is 3.69. The second kappa shape index (κ2) is 5.39. The van der Waals surface area contributed by atoms with Crippen molar-refractivity contribution >= 4 is 33.5 Å². The fourth-order valence-electron chi connectivity index (χ4n) is 1.79. The van der Waals surface area contributed by atoms with Gasteiger partial charge in [-0.05, 0) is 18.2 Å². The summed E-state index contributed by atoms with van der Waals surface area (Å²) in [5, 5.41) is 11.3. The van der Waals surface area contributed by atoms with Gasteiger partial charge in [0, 0.05) is 13.1 Å². The molecule has 0 aliphatic carbocycles. The van der Waals surface area contributed by atoms with Crippen molar-refractivity contribution in [3.63, 3.8) is 0 Å². The minimum atomic E-state index is -4.00. The summed E-state index contributed by atoms with van der Waals surface area (Å²) in [7, 11) is -4.00. The molecule has 2 rings (SSSR count). The SMILES string of the molecule is O=C1CN(S(=O)(=O)c2cc(C(=O)O)ccc2Cl)CCN1. The van der Waals surface area contributed by atoms with E-state index < -0.39 is 21.9 Å². The van der Waals surface area contributed by atoms with Gasteiger partial charge in [0.1, 0.15) is 4.90 Å². The van der Waals surface area contributed by atoms with E-state index in [1.54, 1.807) is 0 Å². The molecule has 1 aliphatic heterocycles. The number of piperazine rings is 1. The highest BCUT2D eigenvalue weighted by Crippen LogP contribution is 2.26. The highest BCUT2D eigenvalue weighted by molar-refractivity contribution is 7.89. The first-order chi connectivity index (χ1) is 9.32. The van der Waals surface area contributed by atoms with Crippen LogP contribution in [0, 0.1) is 0 Å². The third-order valence-electron chi connectivity index (χ3n) is 2.80. The molecule has 1 fully saturated rings. The van der Waals surface area contributed by atoms with Gasteiger partial charge in [0.25, 0.3) is 0 Å². The van der Waals surface area contributed by atoms with Crippen molar-refractivity contribution < 1.29 is 23.1 Å². The normalized spacial score (nSPS) is 16.8. The van der Waals surface area contributed by atoms with E-state index >= 15 is 0 Å². The summed E-state index contributed by atoms with van der Waals surface area (Å²) >= 11 is 5.84. The Morgan fingerprint density at radius 1 is 1.40 bits per heavy atom. The number of nitrogens with zero attached hydrogens (tertiary/aromatic N) is 1. The molecule has 1 aromatic rings. The molecule has 20 heavy (non-hydrogen) atoms. The molecule has 1 aromatic carbocycles. The van der Waals surface area contributed by atoms with E-state index in [9.17, 15) is 18.0 Å².